The fraction of sp³-hybridized carbons (Fsp3) is 0.182. The van der Waals surface area contributed by atoms with E-state index in [0.717, 1.165) is 5.39 Å². The molecule has 0 aromatic heterocycles. The topological polar surface area (TPSA) is 18.5 Å². The van der Waals surface area contributed by atoms with Gasteiger partial charge in [-0.2, -0.15) is 8.78 Å². The molecule has 27 heavy (non-hydrogen) atoms. The van der Waals surface area contributed by atoms with E-state index in [-0.39, 0.29) is 17.1 Å². The van der Waals surface area contributed by atoms with Crippen LogP contribution in [0.3, 0.4) is 0 Å². The molecule has 0 heterocycles. The highest BCUT2D eigenvalue weighted by molar-refractivity contribution is 5.84. The molecule has 140 valence electrons. The van der Waals surface area contributed by atoms with Gasteiger partial charge >= 0.3 is 6.11 Å². The lowest BCUT2D eigenvalue weighted by Gasteiger charge is -2.19. The number of benzene rings is 3. The first-order valence-corrected chi connectivity index (χ1v) is 8.56. The first-order chi connectivity index (χ1) is 12.9. The quantitative estimate of drug-likeness (QED) is 0.458. The highest BCUT2D eigenvalue weighted by Gasteiger charge is 2.34. The lowest BCUT2D eigenvalue weighted by atomic mass is 10.0. The van der Waals surface area contributed by atoms with Crippen LogP contribution in [0.5, 0.6) is 11.5 Å². The van der Waals surface area contributed by atoms with Gasteiger partial charge in [-0.1, -0.05) is 25.6 Å². The molecule has 0 radical (unpaired) electrons. The van der Waals surface area contributed by atoms with E-state index in [0.29, 0.717) is 29.7 Å². The van der Waals surface area contributed by atoms with Crippen molar-refractivity contribution in [2.45, 2.75) is 19.5 Å². The summed E-state index contributed by atoms with van der Waals surface area (Å²) in [5, 5.41) is 1.28. The standard InChI is InChI=1S/C22H19F3O2/c1-3-11-26-19-9-6-18(7-10-19)22(24,25)27-20-8-5-16-12-15(4-2)21(23)14-17(16)13-20/h3,5-10,12-14H,1,4,11H2,2H3. The van der Waals surface area contributed by atoms with Crippen molar-refractivity contribution >= 4 is 10.8 Å². The molecule has 0 saturated heterocycles. The molecule has 5 heteroatoms. The average Bonchev–Trinajstić information content (AvgIpc) is 2.65. The number of hydrogen-bond acceptors (Lipinski definition) is 2. The molecule has 3 aromatic rings. The van der Waals surface area contributed by atoms with Gasteiger partial charge in [0.2, 0.25) is 0 Å². The fourth-order valence-electron chi connectivity index (χ4n) is 2.74. The Labute approximate surface area is 155 Å². The van der Waals surface area contributed by atoms with Crippen LogP contribution in [0.15, 0.2) is 67.3 Å². The van der Waals surface area contributed by atoms with Crippen molar-refractivity contribution in [3.8, 4) is 11.5 Å². The van der Waals surface area contributed by atoms with Crippen molar-refractivity contribution in [1.29, 1.82) is 0 Å². The molecule has 0 N–H and O–H groups in total. The van der Waals surface area contributed by atoms with E-state index in [1.54, 1.807) is 18.2 Å². The van der Waals surface area contributed by atoms with Gasteiger partial charge in [0.15, 0.2) is 0 Å². The Morgan fingerprint density at radius 1 is 0.963 bits per heavy atom. The molecule has 0 atom stereocenters. The summed E-state index contributed by atoms with van der Waals surface area (Å²) < 4.78 is 53.1. The van der Waals surface area contributed by atoms with Gasteiger partial charge < -0.3 is 9.47 Å². The molecule has 0 aliphatic heterocycles. The Bertz CT molecular complexity index is 950. The zero-order chi connectivity index (χ0) is 19.4. The summed E-state index contributed by atoms with van der Waals surface area (Å²) in [4.78, 5) is 0. The highest BCUT2D eigenvalue weighted by atomic mass is 19.3. The highest BCUT2D eigenvalue weighted by Crippen LogP contribution is 2.34. The predicted molar refractivity (Wildman–Crippen MR) is 99.9 cm³/mol. The third-order valence-electron chi connectivity index (χ3n) is 4.16. The van der Waals surface area contributed by atoms with E-state index in [1.165, 1.54) is 42.5 Å². The van der Waals surface area contributed by atoms with Gasteiger partial charge in [-0.25, -0.2) is 4.39 Å². The van der Waals surface area contributed by atoms with Crippen LogP contribution < -0.4 is 9.47 Å². The molecule has 0 aliphatic carbocycles. The van der Waals surface area contributed by atoms with Gasteiger partial charge in [0.05, 0.1) is 5.56 Å². The van der Waals surface area contributed by atoms with Gasteiger partial charge in [-0.15, -0.1) is 0 Å². The first-order valence-electron chi connectivity index (χ1n) is 8.56. The molecule has 0 aliphatic rings. The Balaban J connectivity index is 1.83. The minimum Gasteiger partial charge on any atom is -0.490 e. The lowest BCUT2D eigenvalue weighted by molar-refractivity contribution is -0.185. The van der Waals surface area contributed by atoms with Crippen molar-refractivity contribution in [3.63, 3.8) is 0 Å². The van der Waals surface area contributed by atoms with Crippen LogP contribution in [0.2, 0.25) is 0 Å². The van der Waals surface area contributed by atoms with Gasteiger partial charge in [-0.05, 0) is 71.3 Å². The molecule has 0 amide bonds. The van der Waals surface area contributed by atoms with Crippen molar-refractivity contribution in [3.05, 3.63) is 84.2 Å². The summed E-state index contributed by atoms with van der Waals surface area (Å²) in [6.07, 6.45) is -1.41. The molecular formula is C22H19F3O2. The van der Waals surface area contributed by atoms with Gasteiger partial charge in [0, 0.05) is 0 Å². The molecule has 0 fully saturated rings. The van der Waals surface area contributed by atoms with Gasteiger partial charge in [0.1, 0.15) is 23.9 Å². The fourth-order valence-corrected chi connectivity index (χ4v) is 2.74. The SMILES string of the molecule is C=CCOc1ccc(C(F)(F)Oc2ccc3cc(CC)c(F)cc3c2)cc1. The molecule has 0 spiro atoms. The third-order valence-corrected chi connectivity index (χ3v) is 4.16. The van der Waals surface area contributed by atoms with Crippen LogP contribution in [0.4, 0.5) is 13.2 Å². The van der Waals surface area contributed by atoms with Crippen LogP contribution in [0.25, 0.3) is 10.8 Å². The van der Waals surface area contributed by atoms with E-state index >= 15 is 0 Å². The molecule has 0 saturated carbocycles. The Morgan fingerprint density at radius 3 is 2.33 bits per heavy atom. The van der Waals surface area contributed by atoms with E-state index in [9.17, 15) is 13.2 Å². The van der Waals surface area contributed by atoms with Gasteiger partial charge in [0.25, 0.3) is 0 Å². The van der Waals surface area contributed by atoms with E-state index in [1.807, 2.05) is 6.92 Å². The summed E-state index contributed by atoms with van der Waals surface area (Å²) in [5.41, 5.74) is 0.279. The number of aryl methyl sites for hydroxylation is 1. The summed E-state index contributed by atoms with van der Waals surface area (Å²) >= 11 is 0. The molecule has 3 aromatic carbocycles. The molecule has 3 rings (SSSR count). The van der Waals surface area contributed by atoms with Crippen LogP contribution >= 0.6 is 0 Å². The Morgan fingerprint density at radius 2 is 1.67 bits per heavy atom. The number of fused-ring (bicyclic) bond motifs is 1. The molecule has 0 unspecified atom stereocenters. The number of hydrogen-bond donors (Lipinski definition) is 0. The largest absolute Gasteiger partial charge is 0.490 e. The average molecular weight is 372 g/mol. The Kier molecular flexibility index (Phi) is 5.40. The first kappa shape index (κ1) is 18.8. The molecule has 0 bridgehead atoms. The summed E-state index contributed by atoms with van der Waals surface area (Å²) in [6, 6.07) is 12.9. The maximum atomic E-state index is 14.5. The van der Waals surface area contributed by atoms with Gasteiger partial charge in [-0.3, -0.25) is 0 Å². The summed E-state index contributed by atoms with van der Waals surface area (Å²) in [5.74, 6) is 0.0644. The second-order valence-electron chi connectivity index (χ2n) is 6.05. The minimum atomic E-state index is -3.54. The zero-order valence-corrected chi connectivity index (χ0v) is 14.8. The van der Waals surface area contributed by atoms with Crippen molar-refractivity contribution in [1.82, 2.24) is 0 Å². The van der Waals surface area contributed by atoms with Crippen LogP contribution in [0.1, 0.15) is 18.1 Å². The lowest BCUT2D eigenvalue weighted by Crippen LogP contribution is -2.21. The maximum absolute atomic E-state index is 14.5. The van der Waals surface area contributed by atoms with E-state index < -0.39 is 6.11 Å². The smallest absolute Gasteiger partial charge is 0.426 e. The van der Waals surface area contributed by atoms with Crippen LogP contribution in [0, 0.1) is 5.82 Å². The number of ether oxygens (including phenoxy) is 2. The summed E-state index contributed by atoms with van der Waals surface area (Å²) in [6.45, 7) is 5.68. The molecular weight excluding hydrogens is 353 g/mol. The van der Waals surface area contributed by atoms with Crippen molar-refractivity contribution < 1.29 is 22.6 Å². The Hall–Kier alpha value is -2.95. The van der Waals surface area contributed by atoms with E-state index in [2.05, 4.69) is 6.58 Å². The summed E-state index contributed by atoms with van der Waals surface area (Å²) in [7, 11) is 0. The number of halogens is 3. The number of rotatable bonds is 7. The maximum Gasteiger partial charge on any atom is 0.426 e. The second kappa shape index (κ2) is 7.74. The number of alkyl halides is 2. The molecule has 2 nitrogen and oxygen atoms in total. The monoisotopic (exact) mass is 372 g/mol. The normalized spacial score (nSPS) is 11.4. The zero-order valence-electron chi connectivity index (χ0n) is 14.8. The minimum absolute atomic E-state index is 0.0388. The predicted octanol–water partition coefficient (Wildman–Crippen LogP) is 6.23. The second-order valence-corrected chi connectivity index (χ2v) is 6.05. The van der Waals surface area contributed by atoms with Crippen LogP contribution in [-0.4, -0.2) is 6.61 Å². The third kappa shape index (κ3) is 4.25. The van der Waals surface area contributed by atoms with Crippen LogP contribution in [-0.2, 0) is 12.5 Å². The van der Waals surface area contributed by atoms with E-state index in [4.69, 9.17) is 9.47 Å². The van der Waals surface area contributed by atoms with Crippen molar-refractivity contribution in [2.75, 3.05) is 6.61 Å². The van der Waals surface area contributed by atoms with Crippen molar-refractivity contribution in [2.24, 2.45) is 0 Å².